The molecule has 2 heterocycles. The highest BCUT2D eigenvalue weighted by Gasteiger charge is 2.48. The first-order chi connectivity index (χ1) is 7.78. The molecule has 2 aliphatic rings. The Morgan fingerprint density at radius 3 is 2.35 bits per heavy atom. The third-order valence-corrected chi connectivity index (χ3v) is 3.29. The maximum absolute atomic E-state index is 11.9. The summed E-state index contributed by atoms with van der Waals surface area (Å²) in [5, 5.41) is 0. The van der Waals surface area contributed by atoms with Crippen LogP contribution in [0.2, 0.25) is 0 Å². The number of hydrogen-bond acceptors (Lipinski definition) is 3. The zero-order valence-electron chi connectivity index (χ0n) is 10.9. The average molecular weight is 240 g/mol. The number of hydrogen-bond donors (Lipinski definition) is 0. The van der Waals surface area contributed by atoms with Gasteiger partial charge in [-0.1, -0.05) is 0 Å². The molecule has 2 amide bonds. The highest BCUT2D eigenvalue weighted by molar-refractivity contribution is 5.75. The van der Waals surface area contributed by atoms with Crippen molar-refractivity contribution < 1.29 is 14.3 Å². The van der Waals surface area contributed by atoms with Crippen molar-refractivity contribution in [3.8, 4) is 0 Å². The Hall–Kier alpha value is -1.26. The van der Waals surface area contributed by atoms with E-state index in [2.05, 4.69) is 0 Å². The van der Waals surface area contributed by atoms with Gasteiger partial charge in [0.1, 0.15) is 5.60 Å². The largest absolute Gasteiger partial charge is 0.444 e. The molecule has 0 saturated carbocycles. The van der Waals surface area contributed by atoms with E-state index in [-0.39, 0.29) is 18.0 Å². The van der Waals surface area contributed by atoms with E-state index in [1.165, 1.54) is 0 Å². The van der Waals surface area contributed by atoms with Gasteiger partial charge in [-0.25, -0.2) is 4.79 Å². The van der Waals surface area contributed by atoms with Crippen LogP contribution in [0.15, 0.2) is 0 Å². The van der Waals surface area contributed by atoms with E-state index in [1.54, 1.807) is 11.8 Å². The molecule has 0 spiro atoms. The van der Waals surface area contributed by atoms with Gasteiger partial charge in [-0.05, 0) is 20.8 Å². The minimum absolute atomic E-state index is 0.0947. The molecule has 0 radical (unpaired) electrons. The molecule has 0 bridgehead atoms. The smallest absolute Gasteiger partial charge is 0.410 e. The molecule has 0 aromatic carbocycles. The molecule has 5 nitrogen and oxygen atoms in total. The highest BCUT2D eigenvalue weighted by Crippen LogP contribution is 2.32. The van der Waals surface area contributed by atoms with E-state index in [1.807, 2.05) is 25.7 Å². The van der Waals surface area contributed by atoms with Gasteiger partial charge in [0.2, 0.25) is 5.91 Å². The SMILES string of the molecule is CC(=O)N1CC2CN(C(=O)OC(C)(C)C)CC21. The number of carbonyl (C=O) groups excluding carboxylic acids is 2. The van der Waals surface area contributed by atoms with Crippen molar-refractivity contribution in [2.45, 2.75) is 39.3 Å². The van der Waals surface area contributed by atoms with Gasteiger partial charge in [-0.15, -0.1) is 0 Å². The third kappa shape index (κ3) is 2.37. The summed E-state index contributed by atoms with van der Waals surface area (Å²) in [6.45, 7) is 9.25. The molecule has 0 aliphatic carbocycles. The zero-order valence-corrected chi connectivity index (χ0v) is 10.9. The second kappa shape index (κ2) is 3.89. The summed E-state index contributed by atoms with van der Waals surface area (Å²) in [5.74, 6) is 0.531. The van der Waals surface area contributed by atoms with Crippen molar-refractivity contribution in [1.29, 1.82) is 0 Å². The Morgan fingerprint density at radius 2 is 1.82 bits per heavy atom. The summed E-state index contributed by atoms with van der Waals surface area (Å²) in [7, 11) is 0. The second-order valence-corrected chi connectivity index (χ2v) is 5.88. The molecule has 2 aliphatic heterocycles. The van der Waals surface area contributed by atoms with E-state index in [9.17, 15) is 9.59 Å². The fourth-order valence-corrected chi connectivity index (χ4v) is 2.47. The molecule has 2 unspecified atom stereocenters. The fourth-order valence-electron chi connectivity index (χ4n) is 2.47. The molecule has 0 aromatic heterocycles. The number of fused-ring (bicyclic) bond motifs is 1. The van der Waals surface area contributed by atoms with E-state index in [0.717, 1.165) is 6.54 Å². The lowest BCUT2D eigenvalue weighted by molar-refractivity contribution is -0.138. The Kier molecular flexibility index (Phi) is 2.79. The lowest BCUT2D eigenvalue weighted by Crippen LogP contribution is -2.57. The number of carbonyl (C=O) groups is 2. The fraction of sp³-hybridized carbons (Fsp3) is 0.833. The summed E-state index contributed by atoms with van der Waals surface area (Å²) in [5.41, 5.74) is -0.459. The van der Waals surface area contributed by atoms with E-state index < -0.39 is 5.60 Å². The second-order valence-electron chi connectivity index (χ2n) is 5.88. The molecule has 2 saturated heterocycles. The molecule has 2 rings (SSSR count). The van der Waals surface area contributed by atoms with Crippen molar-refractivity contribution in [2.75, 3.05) is 19.6 Å². The van der Waals surface area contributed by atoms with Crippen LogP contribution in [0.1, 0.15) is 27.7 Å². The highest BCUT2D eigenvalue weighted by atomic mass is 16.6. The maximum Gasteiger partial charge on any atom is 0.410 e. The molecule has 5 heteroatoms. The minimum Gasteiger partial charge on any atom is -0.444 e. The van der Waals surface area contributed by atoms with Crippen LogP contribution in [0.5, 0.6) is 0 Å². The van der Waals surface area contributed by atoms with Gasteiger partial charge in [-0.3, -0.25) is 4.79 Å². The predicted octanol–water partition coefficient (Wildman–Crippen LogP) is 1.08. The van der Waals surface area contributed by atoms with Gasteiger partial charge in [-0.2, -0.15) is 0 Å². The molecule has 17 heavy (non-hydrogen) atoms. The van der Waals surface area contributed by atoms with Crippen molar-refractivity contribution in [3.63, 3.8) is 0 Å². The van der Waals surface area contributed by atoms with Crippen molar-refractivity contribution >= 4 is 12.0 Å². The molecule has 2 atom stereocenters. The lowest BCUT2D eigenvalue weighted by atomic mass is 9.92. The Labute approximate surface area is 102 Å². The van der Waals surface area contributed by atoms with Crippen LogP contribution >= 0.6 is 0 Å². The Bertz CT molecular complexity index is 348. The van der Waals surface area contributed by atoms with Crippen LogP contribution < -0.4 is 0 Å². The molecular weight excluding hydrogens is 220 g/mol. The topological polar surface area (TPSA) is 49.9 Å². The molecule has 2 fully saturated rings. The number of likely N-dealkylation sites (tertiary alicyclic amines) is 2. The Balaban J connectivity index is 1.91. The standard InChI is InChI=1S/C12H20N2O3/c1-8(15)14-6-9-5-13(7-10(9)14)11(16)17-12(2,3)4/h9-10H,5-7H2,1-4H3. The molecule has 0 aromatic rings. The van der Waals surface area contributed by atoms with Crippen LogP contribution in [0.25, 0.3) is 0 Å². The summed E-state index contributed by atoms with van der Waals surface area (Å²) >= 11 is 0. The van der Waals surface area contributed by atoms with Gasteiger partial charge in [0.25, 0.3) is 0 Å². The molecular formula is C12H20N2O3. The minimum atomic E-state index is -0.459. The van der Waals surface area contributed by atoms with Gasteiger partial charge < -0.3 is 14.5 Å². The van der Waals surface area contributed by atoms with Crippen LogP contribution in [-0.4, -0.2) is 53.1 Å². The lowest BCUT2D eigenvalue weighted by Gasteiger charge is -2.42. The molecule has 0 N–H and O–H groups in total. The average Bonchev–Trinajstić information content (AvgIpc) is 2.40. The van der Waals surface area contributed by atoms with Gasteiger partial charge in [0, 0.05) is 32.5 Å². The van der Waals surface area contributed by atoms with E-state index in [0.29, 0.717) is 19.0 Å². The summed E-state index contributed by atoms with van der Waals surface area (Å²) < 4.78 is 5.33. The van der Waals surface area contributed by atoms with Crippen LogP contribution in [0.4, 0.5) is 4.79 Å². The van der Waals surface area contributed by atoms with E-state index >= 15 is 0 Å². The summed E-state index contributed by atoms with van der Waals surface area (Å²) in [6, 6.07) is 0.208. The van der Waals surface area contributed by atoms with Gasteiger partial charge in [0.05, 0.1) is 6.04 Å². The van der Waals surface area contributed by atoms with Crippen molar-refractivity contribution in [1.82, 2.24) is 9.80 Å². The Morgan fingerprint density at radius 1 is 1.18 bits per heavy atom. The third-order valence-electron chi connectivity index (χ3n) is 3.29. The number of nitrogens with zero attached hydrogens (tertiary/aromatic N) is 2. The number of amides is 2. The van der Waals surface area contributed by atoms with Crippen LogP contribution in [0, 0.1) is 5.92 Å². The van der Waals surface area contributed by atoms with Crippen molar-refractivity contribution in [2.24, 2.45) is 5.92 Å². The summed E-state index contributed by atoms with van der Waals surface area (Å²) in [4.78, 5) is 26.7. The maximum atomic E-state index is 11.9. The monoisotopic (exact) mass is 240 g/mol. The van der Waals surface area contributed by atoms with Crippen LogP contribution in [0.3, 0.4) is 0 Å². The molecule has 96 valence electrons. The number of rotatable bonds is 0. The first-order valence-electron chi connectivity index (χ1n) is 6.03. The van der Waals surface area contributed by atoms with Crippen molar-refractivity contribution in [3.05, 3.63) is 0 Å². The first-order valence-corrected chi connectivity index (χ1v) is 6.03. The zero-order chi connectivity index (χ0) is 12.8. The van der Waals surface area contributed by atoms with Gasteiger partial charge in [0.15, 0.2) is 0 Å². The predicted molar refractivity (Wildman–Crippen MR) is 62.5 cm³/mol. The summed E-state index contributed by atoms with van der Waals surface area (Å²) in [6.07, 6.45) is -0.268. The first kappa shape index (κ1) is 12.2. The normalized spacial score (nSPS) is 27.5. The number of ether oxygens (including phenoxy) is 1. The van der Waals surface area contributed by atoms with Crippen LogP contribution in [-0.2, 0) is 9.53 Å². The quantitative estimate of drug-likeness (QED) is 0.636. The van der Waals surface area contributed by atoms with E-state index in [4.69, 9.17) is 4.74 Å². The van der Waals surface area contributed by atoms with Gasteiger partial charge >= 0.3 is 6.09 Å².